The summed E-state index contributed by atoms with van der Waals surface area (Å²) in [5.74, 6) is 0.732. The first-order chi connectivity index (χ1) is 7.96. The minimum atomic E-state index is 0.0317. The van der Waals surface area contributed by atoms with Crippen LogP contribution in [0.25, 0.3) is 0 Å². The molecule has 1 aliphatic heterocycles. The van der Waals surface area contributed by atoms with Gasteiger partial charge in [0, 0.05) is 5.56 Å². The Morgan fingerprint density at radius 2 is 2.06 bits per heavy atom. The van der Waals surface area contributed by atoms with Crippen LogP contribution in [-0.2, 0) is 11.2 Å². The van der Waals surface area contributed by atoms with Crippen molar-refractivity contribution in [1.82, 2.24) is 0 Å². The van der Waals surface area contributed by atoms with Crippen LogP contribution in [0.1, 0.15) is 31.4 Å². The van der Waals surface area contributed by atoms with Crippen molar-refractivity contribution in [2.45, 2.75) is 32.3 Å². The van der Waals surface area contributed by atoms with Crippen molar-refractivity contribution in [3.8, 4) is 0 Å². The highest BCUT2D eigenvalue weighted by Crippen LogP contribution is 2.31. The summed E-state index contributed by atoms with van der Waals surface area (Å²) in [5.41, 5.74) is 7.54. The van der Waals surface area contributed by atoms with E-state index < -0.39 is 0 Å². The van der Waals surface area contributed by atoms with Crippen LogP contribution in [-0.4, -0.2) is 18.0 Å². The van der Waals surface area contributed by atoms with Gasteiger partial charge in [0.15, 0.2) is 0 Å². The van der Waals surface area contributed by atoms with Gasteiger partial charge in [-0.25, -0.2) is 0 Å². The number of rotatable bonds is 3. The smallest absolute Gasteiger partial charge is 0.122 e. The molecule has 1 aromatic rings. The largest absolute Gasteiger partial charge is 0.384 e. The lowest BCUT2D eigenvalue weighted by atomic mass is 9.92. The standard InChI is InChI=1S/C14H20N2O/c1-14(2)8-11(9-17-14)7-10-3-5-12(6-4-10)13(15)16/h3-6,11H,7-9H2,1-2H3,(H3,15,16)/t11-/m1/s1. The third-order valence-corrected chi connectivity index (χ3v) is 3.28. The van der Waals surface area contributed by atoms with E-state index in [2.05, 4.69) is 26.0 Å². The highest BCUT2D eigenvalue weighted by atomic mass is 16.5. The van der Waals surface area contributed by atoms with Gasteiger partial charge in [-0.3, -0.25) is 5.41 Å². The minimum absolute atomic E-state index is 0.0317. The van der Waals surface area contributed by atoms with Crippen molar-refractivity contribution in [2.75, 3.05) is 6.61 Å². The normalized spacial score (nSPS) is 22.6. The van der Waals surface area contributed by atoms with Crippen molar-refractivity contribution in [2.24, 2.45) is 11.7 Å². The third kappa shape index (κ3) is 3.07. The topological polar surface area (TPSA) is 59.1 Å². The number of benzene rings is 1. The molecule has 1 atom stereocenters. The number of hydrogen-bond donors (Lipinski definition) is 2. The van der Waals surface area contributed by atoms with Gasteiger partial charge in [0.05, 0.1) is 12.2 Å². The van der Waals surface area contributed by atoms with E-state index in [1.165, 1.54) is 5.56 Å². The summed E-state index contributed by atoms with van der Waals surface area (Å²) >= 11 is 0. The molecule has 0 aromatic heterocycles. The lowest BCUT2D eigenvalue weighted by molar-refractivity contribution is 0.0350. The second-order valence-corrected chi connectivity index (χ2v) is 5.46. The van der Waals surface area contributed by atoms with Gasteiger partial charge in [-0.2, -0.15) is 0 Å². The fraction of sp³-hybridized carbons (Fsp3) is 0.500. The van der Waals surface area contributed by atoms with Gasteiger partial charge >= 0.3 is 0 Å². The molecule has 1 fully saturated rings. The Bertz CT molecular complexity index is 409. The van der Waals surface area contributed by atoms with E-state index in [1.807, 2.05) is 12.1 Å². The maximum atomic E-state index is 7.34. The highest BCUT2D eigenvalue weighted by molar-refractivity contribution is 5.94. The number of ether oxygens (including phenoxy) is 1. The first-order valence-corrected chi connectivity index (χ1v) is 6.03. The Hall–Kier alpha value is -1.35. The van der Waals surface area contributed by atoms with Crippen LogP contribution >= 0.6 is 0 Å². The SMILES string of the molecule is CC1(C)C[C@@H](Cc2ccc(C(=N)N)cc2)CO1. The molecular formula is C14H20N2O. The molecule has 17 heavy (non-hydrogen) atoms. The maximum Gasteiger partial charge on any atom is 0.122 e. The minimum Gasteiger partial charge on any atom is -0.384 e. The molecule has 3 nitrogen and oxygen atoms in total. The molecule has 0 saturated carbocycles. The maximum absolute atomic E-state index is 7.34. The van der Waals surface area contributed by atoms with Crippen LogP contribution in [0.5, 0.6) is 0 Å². The third-order valence-electron chi connectivity index (χ3n) is 3.28. The van der Waals surface area contributed by atoms with E-state index in [1.54, 1.807) is 0 Å². The van der Waals surface area contributed by atoms with Crippen LogP contribution in [0.2, 0.25) is 0 Å². The van der Waals surface area contributed by atoms with Gasteiger partial charge in [-0.15, -0.1) is 0 Å². The predicted molar refractivity (Wildman–Crippen MR) is 69.3 cm³/mol. The summed E-state index contributed by atoms with van der Waals surface area (Å²) in [6.07, 6.45) is 2.16. The number of nitrogens with one attached hydrogen (secondary N) is 1. The average molecular weight is 232 g/mol. The fourth-order valence-electron chi connectivity index (χ4n) is 2.44. The van der Waals surface area contributed by atoms with E-state index in [-0.39, 0.29) is 11.4 Å². The molecule has 1 aliphatic rings. The second-order valence-electron chi connectivity index (χ2n) is 5.46. The summed E-state index contributed by atoms with van der Waals surface area (Å²) in [6, 6.07) is 7.95. The summed E-state index contributed by atoms with van der Waals surface area (Å²) in [5, 5.41) is 7.34. The van der Waals surface area contributed by atoms with Crippen LogP contribution in [0, 0.1) is 11.3 Å². The van der Waals surface area contributed by atoms with Gasteiger partial charge in [-0.1, -0.05) is 24.3 Å². The van der Waals surface area contributed by atoms with Crippen LogP contribution in [0.4, 0.5) is 0 Å². The Balaban J connectivity index is 1.98. The zero-order valence-electron chi connectivity index (χ0n) is 10.5. The first kappa shape index (κ1) is 12.1. The van der Waals surface area contributed by atoms with Crippen molar-refractivity contribution < 1.29 is 4.74 Å². The van der Waals surface area contributed by atoms with Gasteiger partial charge in [0.2, 0.25) is 0 Å². The molecule has 0 amide bonds. The molecule has 0 unspecified atom stereocenters. The Morgan fingerprint density at radius 3 is 2.53 bits per heavy atom. The Kier molecular flexibility index (Phi) is 3.20. The van der Waals surface area contributed by atoms with Gasteiger partial charge in [0.1, 0.15) is 5.84 Å². The summed E-state index contributed by atoms with van der Waals surface area (Å²) in [7, 11) is 0. The molecule has 3 heteroatoms. The molecule has 1 saturated heterocycles. The highest BCUT2D eigenvalue weighted by Gasteiger charge is 2.31. The lowest BCUT2D eigenvalue weighted by Gasteiger charge is -2.15. The van der Waals surface area contributed by atoms with Crippen molar-refractivity contribution in [1.29, 1.82) is 5.41 Å². The lowest BCUT2D eigenvalue weighted by Crippen LogP contribution is -2.17. The quantitative estimate of drug-likeness (QED) is 0.620. The van der Waals surface area contributed by atoms with E-state index in [9.17, 15) is 0 Å². The molecule has 3 N–H and O–H groups in total. The summed E-state index contributed by atoms with van der Waals surface area (Å²) < 4.78 is 5.73. The molecule has 0 aliphatic carbocycles. The zero-order valence-corrected chi connectivity index (χ0v) is 10.5. The van der Waals surface area contributed by atoms with Gasteiger partial charge in [-0.05, 0) is 38.2 Å². The molecule has 0 bridgehead atoms. The van der Waals surface area contributed by atoms with E-state index >= 15 is 0 Å². The summed E-state index contributed by atoms with van der Waals surface area (Å²) in [6.45, 7) is 5.14. The number of amidine groups is 1. The molecule has 1 aromatic carbocycles. The van der Waals surface area contributed by atoms with E-state index in [0.29, 0.717) is 5.92 Å². The van der Waals surface area contributed by atoms with E-state index in [4.69, 9.17) is 15.9 Å². The summed E-state index contributed by atoms with van der Waals surface area (Å²) in [4.78, 5) is 0. The first-order valence-electron chi connectivity index (χ1n) is 6.03. The molecule has 1 heterocycles. The van der Waals surface area contributed by atoms with Crippen molar-refractivity contribution in [3.05, 3.63) is 35.4 Å². The van der Waals surface area contributed by atoms with Gasteiger partial charge in [0.25, 0.3) is 0 Å². The van der Waals surface area contributed by atoms with Gasteiger partial charge < -0.3 is 10.5 Å². The predicted octanol–water partition coefficient (Wildman–Crippen LogP) is 2.33. The van der Waals surface area contributed by atoms with Crippen LogP contribution in [0.3, 0.4) is 0 Å². The molecular weight excluding hydrogens is 212 g/mol. The number of nitrogen functional groups attached to an aromatic ring is 1. The monoisotopic (exact) mass is 232 g/mol. The van der Waals surface area contributed by atoms with Crippen molar-refractivity contribution >= 4 is 5.84 Å². The Labute approximate surface area is 102 Å². The zero-order chi connectivity index (χ0) is 12.5. The molecule has 92 valence electrons. The second kappa shape index (κ2) is 4.49. The number of nitrogens with two attached hydrogens (primary N) is 1. The van der Waals surface area contributed by atoms with Crippen molar-refractivity contribution in [3.63, 3.8) is 0 Å². The van der Waals surface area contributed by atoms with E-state index in [0.717, 1.165) is 25.0 Å². The van der Waals surface area contributed by atoms with Crippen LogP contribution in [0.15, 0.2) is 24.3 Å². The fourth-order valence-corrected chi connectivity index (χ4v) is 2.44. The molecule has 0 radical (unpaired) electrons. The number of hydrogen-bond acceptors (Lipinski definition) is 2. The molecule has 0 spiro atoms. The Morgan fingerprint density at radius 1 is 1.41 bits per heavy atom. The van der Waals surface area contributed by atoms with Crippen LogP contribution < -0.4 is 5.73 Å². The molecule has 2 rings (SSSR count). The average Bonchev–Trinajstić information content (AvgIpc) is 2.59.